The fraction of sp³-hybridized carbons (Fsp3) is 0.480. The number of nitrogens with two attached hydrogens (primary N) is 1. The first-order valence-corrected chi connectivity index (χ1v) is 11.5. The van der Waals surface area contributed by atoms with E-state index in [0.717, 1.165) is 56.0 Å². The molecule has 0 bridgehead atoms. The molecule has 1 fully saturated rings. The highest BCUT2D eigenvalue weighted by Gasteiger charge is 2.21. The summed E-state index contributed by atoms with van der Waals surface area (Å²) < 4.78 is 13.4. The molecule has 0 amide bonds. The predicted molar refractivity (Wildman–Crippen MR) is 132 cm³/mol. The van der Waals surface area contributed by atoms with Crippen LogP contribution in [0.4, 0.5) is 11.4 Å². The van der Waals surface area contributed by atoms with Gasteiger partial charge in [0, 0.05) is 43.7 Å². The van der Waals surface area contributed by atoms with Gasteiger partial charge in [0.05, 0.1) is 42.0 Å². The Balaban J connectivity index is 2.04. The SMILES string of the molecule is CCN(CC)CCn1c2cc(N3CCCC3)c(N)cc2c(=O)c2c(OC)cc(OC)cc21. The van der Waals surface area contributed by atoms with E-state index in [1.165, 1.54) is 12.8 Å². The minimum atomic E-state index is -0.0618. The average Bonchev–Trinajstić information content (AvgIpc) is 3.35. The molecule has 0 spiro atoms. The van der Waals surface area contributed by atoms with Crippen LogP contribution in [0.2, 0.25) is 0 Å². The van der Waals surface area contributed by atoms with Gasteiger partial charge in [0.15, 0.2) is 0 Å². The lowest BCUT2D eigenvalue weighted by Gasteiger charge is -2.24. The van der Waals surface area contributed by atoms with Crippen molar-refractivity contribution in [3.63, 3.8) is 0 Å². The molecule has 0 radical (unpaired) electrons. The second kappa shape index (κ2) is 9.28. The molecule has 2 aromatic carbocycles. The van der Waals surface area contributed by atoms with Gasteiger partial charge in [0.2, 0.25) is 5.43 Å². The van der Waals surface area contributed by atoms with Crippen molar-refractivity contribution < 1.29 is 9.47 Å². The van der Waals surface area contributed by atoms with Crippen LogP contribution in [0.15, 0.2) is 29.1 Å². The molecule has 32 heavy (non-hydrogen) atoms. The molecule has 1 aliphatic rings. The van der Waals surface area contributed by atoms with E-state index in [4.69, 9.17) is 15.2 Å². The molecule has 1 saturated heterocycles. The van der Waals surface area contributed by atoms with Crippen molar-refractivity contribution in [2.24, 2.45) is 0 Å². The summed E-state index contributed by atoms with van der Waals surface area (Å²) in [7, 11) is 3.22. The number of likely N-dealkylation sites (N-methyl/N-ethyl adjacent to an activating group) is 1. The number of rotatable bonds is 8. The monoisotopic (exact) mass is 438 g/mol. The number of aromatic nitrogens is 1. The molecule has 0 saturated carbocycles. The van der Waals surface area contributed by atoms with Crippen molar-refractivity contribution in [2.75, 3.05) is 57.6 Å². The first-order chi connectivity index (χ1) is 15.5. The molecule has 7 heteroatoms. The molecule has 3 aromatic rings. The van der Waals surface area contributed by atoms with Crippen LogP contribution in [0, 0.1) is 0 Å². The maximum absolute atomic E-state index is 13.6. The lowest BCUT2D eigenvalue weighted by molar-refractivity contribution is 0.293. The maximum atomic E-state index is 13.6. The van der Waals surface area contributed by atoms with Gasteiger partial charge in [0.25, 0.3) is 0 Å². The number of benzene rings is 2. The van der Waals surface area contributed by atoms with Crippen molar-refractivity contribution >= 4 is 33.2 Å². The Morgan fingerprint density at radius 2 is 1.72 bits per heavy atom. The van der Waals surface area contributed by atoms with Crippen molar-refractivity contribution in [2.45, 2.75) is 33.2 Å². The number of nitrogens with zero attached hydrogens (tertiary/aromatic N) is 3. The standard InChI is InChI=1S/C25H34N4O3/c1-5-27(6-2)11-12-29-20-16-21(28-9-7-8-10-28)19(26)15-18(20)25(30)24-22(29)13-17(31-3)14-23(24)32-4/h13-16H,5-12,26H2,1-4H3. The lowest BCUT2D eigenvalue weighted by Crippen LogP contribution is -2.28. The van der Waals surface area contributed by atoms with E-state index in [-0.39, 0.29) is 5.43 Å². The van der Waals surface area contributed by atoms with Gasteiger partial charge in [-0.2, -0.15) is 0 Å². The van der Waals surface area contributed by atoms with Gasteiger partial charge in [-0.15, -0.1) is 0 Å². The number of nitrogen functional groups attached to an aromatic ring is 1. The molecule has 0 unspecified atom stereocenters. The zero-order valence-electron chi connectivity index (χ0n) is 19.6. The number of pyridine rings is 1. The second-order valence-electron chi connectivity index (χ2n) is 8.35. The summed E-state index contributed by atoms with van der Waals surface area (Å²) >= 11 is 0. The van der Waals surface area contributed by atoms with Crippen LogP contribution in [0.3, 0.4) is 0 Å². The van der Waals surface area contributed by atoms with Gasteiger partial charge in [-0.05, 0) is 38.1 Å². The second-order valence-corrected chi connectivity index (χ2v) is 8.35. The summed E-state index contributed by atoms with van der Waals surface area (Å²) in [6, 6.07) is 7.66. The predicted octanol–water partition coefficient (Wildman–Crippen LogP) is 3.70. The molecule has 2 N–H and O–H groups in total. The molecule has 0 atom stereocenters. The highest BCUT2D eigenvalue weighted by molar-refractivity contribution is 6.00. The number of ether oxygens (including phenoxy) is 2. The summed E-state index contributed by atoms with van der Waals surface area (Å²) in [5, 5.41) is 1.19. The summed E-state index contributed by atoms with van der Waals surface area (Å²) in [5.41, 5.74) is 9.79. The Kier molecular flexibility index (Phi) is 6.46. The summed E-state index contributed by atoms with van der Waals surface area (Å²) in [4.78, 5) is 18.3. The van der Waals surface area contributed by atoms with Crippen LogP contribution in [0.25, 0.3) is 21.8 Å². The normalized spacial score (nSPS) is 14.1. The molecule has 1 aliphatic heterocycles. The molecule has 2 heterocycles. The molecule has 0 aliphatic carbocycles. The topological polar surface area (TPSA) is 73.0 Å². The van der Waals surface area contributed by atoms with Gasteiger partial charge < -0.3 is 29.6 Å². The first kappa shape index (κ1) is 22.3. The van der Waals surface area contributed by atoms with E-state index in [1.807, 2.05) is 12.1 Å². The zero-order chi connectivity index (χ0) is 22.8. The third-order valence-electron chi connectivity index (χ3n) is 6.69. The third kappa shape index (κ3) is 3.86. The molecule has 7 nitrogen and oxygen atoms in total. The van der Waals surface area contributed by atoms with E-state index in [0.29, 0.717) is 28.0 Å². The highest BCUT2D eigenvalue weighted by Crippen LogP contribution is 2.35. The fourth-order valence-electron chi connectivity index (χ4n) is 4.81. The number of anilines is 2. The number of methoxy groups -OCH3 is 2. The van der Waals surface area contributed by atoms with Crippen LogP contribution in [-0.4, -0.2) is 56.4 Å². The van der Waals surface area contributed by atoms with Crippen LogP contribution >= 0.6 is 0 Å². The quantitative estimate of drug-likeness (QED) is 0.427. The number of hydrogen-bond acceptors (Lipinski definition) is 6. The third-order valence-corrected chi connectivity index (χ3v) is 6.69. The Morgan fingerprint density at radius 3 is 2.34 bits per heavy atom. The van der Waals surface area contributed by atoms with Crippen molar-refractivity contribution in [3.8, 4) is 11.5 Å². The van der Waals surface area contributed by atoms with Gasteiger partial charge in [0.1, 0.15) is 11.5 Å². The van der Waals surface area contributed by atoms with Crippen LogP contribution in [0.5, 0.6) is 11.5 Å². The van der Waals surface area contributed by atoms with Crippen LogP contribution in [-0.2, 0) is 6.54 Å². The Labute approximate surface area is 189 Å². The van der Waals surface area contributed by atoms with Crippen molar-refractivity contribution in [3.05, 3.63) is 34.5 Å². The molecular formula is C25H34N4O3. The van der Waals surface area contributed by atoms with Crippen LogP contribution < -0.4 is 25.5 Å². The largest absolute Gasteiger partial charge is 0.497 e. The van der Waals surface area contributed by atoms with E-state index in [1.54, 1.807) is 20.3 Å². The molecule has 4 rings (SSSR count). The minimum Gasteiger partial charge on any atom is -0.497 e. The van der Waals surface area contributed by atoms with E-state index < -0.39 is 0 Å². The molecule has 1 aromatic heterocycles. The van der Waals surface area contributed by atoms with Gasteiger partial charge >= 0.3 is 0 Å². The van der Waals surface area contributed by atoms with E-state index >= 15 is 0 Å². The maximum Gasteiger partial charge on any atom is 0.201 e. The Hall–Kier alpha value is -2.93. The van der Waals surface area contributed by atoms with Crippen molar-refractivity contribution in [1.29, 1.82) is 0 Å². The smallest absolute Gasteiger partial charge is 0.201 e. The Morgan fingerprint density at radius 1 is 1.00 bits per heavy atom. The summed E-state index contributed by atoms with van der Waals surface area (Å²) in [6.45, 7) is 9.91. The summed E-state index contributed by atoms with van der Waals surface area (Å²) in [6.07, 6.45) is 2.33. The summed E-state index contributed by atoms with van der Waals surface area (Å²) in [5.74, 6) is 1.19. The average molecular weight is 439 g/mol. The first-order valence-electron chi connectivity index (χ1n) is 11.5. The van der Waals surface area contributed by atoms with Gasteiger partial charge in [-0.25, -0.2) is 0 Å². The number of fused-ring (bicyclic) bond motifs is 2. The zero-order valence-corrected chi connectivity index (χ0v) is 19.6. The van der Waals surface area contributed by atoms with Gasteiger partial charge in [-0.3, -0.25) is 4.79 Å². The fourth-order valence-corrected chi connectivity index (χ4v) is 4.81. The minimum absolute atomic E-state index is 0.0618. The van der Waals surface area contributed by atoms with E-state index in [2.05, 4.69) is 34.3 Å². The van der Waals surface area contributed by atoms with E-state index in [9.17, 15) is 4.79 Å². The lowest BCUT2D eigenvalue weighted by atomic mass is 10.1. The molecule has 172 valence electrons. The number of hydrogen-bond donors (Lipinski definition) is 1. The van der Waals surface area contributed by atoms with Gasteiger partial charge in [-0.1, -0.05) is 13.8 Å². The van der Waals surface area contributed by atoms with Crippen LogP contribution in [0.1, 0.15) is 26.7 Å². The highest BCUT2D eigenvalue weighted by atomic mass is 16.5. The van der Waals surface area contributed by atoms with Crippen molar-refractivity contribution in [1.82, 2.24) is 9.47 Å². The Bertz CT molecular complexity index is 1180. The molecular weight excluding hydrogens is 404 g/mol.